The number of terminal acetylenes is 1. The summed E-state index contributed by atoms with van der Waals surface area (Å²) >= 11 is 0. The molecule has 0 aliphatic heterocycles. The molecule has 1 nitrogen and oxygen atoms in total. The van der Waals surface area contributed by atoms with Crippen LogP contribution in [0.4, 0.5) is 0 Å². The van der Waals surface area contributed by atoms with E-state index in [4.69, 9.17) is 6.42 Å². The fraction of sp³-hybridized carbons (Fsp3) is 0.833. The van der Waals surface area contributed by atoms with E-state index in [1.807, 2.05) is 0 Å². The lowest BCUT2D eigenvalue weighted by Gasteiger charge is -2.09. The van der Waals surface area contributed by atoms with Gasteiger partial charge in [-0.05, 0) is 19.9 Å². The van der Waals surface area contributed by atoms with Crippen molar-refractivity contribution >= 4 is 0 Å². The molecule has 0 fully saturated rings. The summed E-state index contributed by atoms with van der Waals surface area (Å²) in [7, 11) is 0. The van der Waals surface area contributed by atoms with Crippen LogP contribution in [-0.4, -0.2) is 12.6 Å². The zero-order valence-electron chi connectivity index (χ0n) is 9.10. The molecule has 1 atom stereocenters. The van der Waals surface area contributed by atoms with Gasteiger partial charge in [0.25, 0.3) is 0 Å². The largest absolute Gasteiger partial charge is 0.313 e. The zero-order valence-corrected chi connectivity index (χ0v) is 9.10. The molecular weight excluding hydrogens is 158 g/mol. The first-order valence-corrected chi connectivity index (χ1v) is 5.48. The van der Waals surface area contributed by atoms with Crippen molar-refractivity contribution in [2.45, 2.75) is 58.4 Å². The molecule has 1 N–H and O–H groups in total. The summed E-state index contributed by atoms with van der Waals surface area (Å²) in [4.78, 5) is 0. The van der Waals surface area contributed by atoms with E-state index < -0.39 is 0 Å². The van der Waals surface area contributed by atoms with E-state index in [1.54, 1.807) is 0 Å². The van der Waals surface area contributed by atoms with Gasteiger partial charge in [-0.3, -0.25) is 0 Å². The summed E-state index contributed by atoms with van der Waals surface area (Å²) in [5.41, 5.74) is 0. The van der Waals surface area contributed by atoms with Crippen LogP contribution in [0.5, 0.6) is 0 Å². The first-order valence-electron chi connectivity index (χ1n) is 5.48. The van der Waals surface area contributed by atoms with Crippen molar-refractivity contribution in [1.29, 1.82) is 0 Å². The van der Waals surface area contributed by atoms with Gasteiger partial charge in [0.2, 0.25) is 0 Å². The highest BCUT2D eigenvalue weighted by Gasteiger charge is 1.96. The Morgan fingerprint density at radius 3 is 2.54 bits per heavy atom. The van der Waals surface area contributed by atoms with E-state index in [0.717, 1.165) is 13.0 Å². The standard InChI is InChI=1S/C12H23N/c1-4-6-7-8-9-11-13-12(3)10-5-2/h2,12-13H,4,6-11H2,1,3H3. The van der Waals surface area contributed by atoms with Crippen LogP contribution in [-0.2, 0) is 0 Å². The van der Waals surface area contributed by atoms with Gasteiger partial charge >= 0.3 is 0 Å². The van der Waals surface area contributed by atoms with Crippen LogP contribution in [0.2, 0.25) is 0 Å². The molecule has 0 aromatic rings. The van der Waals surface area contributed by atoms with Crippen LogP contribution in [0.1, 0.15) is 52.4 Å². The van der Waals surface area contributed by atoms with E-state index in [9.17, 15) is 0 Å². The lowest BCUT2D eigenvalue weighted by atomic mass is 10.1. The number of rotatable bonds is 8. The fourth-order valence-electron chi connectivity index (χ4n) is 1.33. The highest BCUT2D eigenvalue weighted by molar-refractivity contribution is 4.87. The second kappa shape index (κ2) is 9.61. The van der Waals surface area contributed by atoms with Gasteiger partial charge in [-0.25, -0.2) is 0 Å². The molecule has 1 heteroatoms. The Balaban J connectivity index is 3.03. The van der Waals surface area contributed by atoms with E-state index in [2.05, 4.69) is 25.1 Å². The molecule has 1 unspecified atom stereocenters. The molecule has 0 rings (SSSR count). The molecule has 0 amide bonds. The summed E-state index contributed by atoms with van der Waals surface area (Å²) in [6.07, 6.45) is 12.8. The molecule has 0 saturated heterocycles. The molecule has 76 valence electrons. The van der Waals surface area contributed by atoms with Gasteiger partial charge in [-0.1, -0.05) is 32.6 Å². The number of nitrogens with one attached hydrogen (secondary N) is 1. The molecule has 0 bridgehead atoms. The third kappa shape index (κ3) is 9.43. The molecule has 0 heterocycles. The highest BCUT2D eigenvalue weighted by atomic mass is 14.9. The van der Waals surface area contributed by atoms with Gasteiger partial charge in [-0.15, -0.1) is 12.3 Å². The van der Waals surface area contributed by atoms with Crippen molar-refractivity contribution in [3.05, 3.63) is 0 Å². The van der Waals surface area contributed by atoms with Crippen LogP contribution < -0.4 is 5.32 Å². The number of hydrogen-bond acceptors (Lipinski definition) is 1. The lowest BCUT2D eigenvalue weighted by molar-refractivity contribution is 0.523. The summed E-state index contributed by atoms with van der Waals surface area (Å²) in [5.74, 6) is 2.67. The maximum atomic E-state index is 5.21. The summed E-state index contributed by atoms with van der Waals surface area (Å²) < 4.78 is 0. The molecule has 0 aromatic carbocycles. The van der Waals surface area contributed by atoms with E-state index in [1.165, 1.54) is 32.1 Å². The van der Waals surface area contributed by atoms with E-state index in [-0.39, 0.29) is 0 Å². The number of hydrogen-bond donors (Lipinski definition) is 1. The second-order valence-electron chi connectivity index (χ2n) is 3.68. The number of unbranched alkanes of at least 4 members (excludes halogenated alkanes) is 4. The van der Waals surface area contributed by atoms with Crippen LogP contribution in [0, 0.1) is 12.3 Å². The Kier molecular flexibility index (Phi) is 9.25. The Hall–Kier alpha value is -0.480. The maximum Gasteiger partial charge on any atom is 0.0238 e. The van der Waals surface area contributed by atoms with Gasteiger partial charge in [0.05, 0.1) is 0 Å². The Labute approximate surface area is 83.3 Å². The van der Waals surface area contributed by atoms with Gasteiger partial charge in [0.15, 0.2) is 0 Å². The second-order valence-corrected chi connectivity index (χ2v) is 3.68. The van der Waals surface area contributed by atoms with Crippen molar-refractivity contribution in [2.24, 2.45) is 0 Å². The van der Waals surface area contributed by atoms with Crippen molar-refractivity contribution in [3.63, 3.8) is 0 Å². The molecule has 13 heavy (non-hydrogen) atoms. The molecule has 0 aliphatic carbocycles. The first-order chi connectivity index (χ1) is 6.31. The monoisotopic (exact) mass is 181 g/mol. The highest BCUT2D eigenvalue weighted by Crippen LogP contribution is 2.01. The third-order valence-electron chi connectivity index (χ3n) is 2.20. The zero-order chi connectivity index (χ0) is 9.94. The molecule has 0 spiro atoms. The Morgan fingerprint density at radius 2 is 1.92 bits per heavy atom. The van der Waals surface area contributed by atoms with E-state index in [0.29, 0.717) is 6.04 Å². The molecule has 0 aromatic heterocycles. The van der Waals surface area contributed by atoms with Crippen molar-refractivity contribution < 1.29 is 0 Å². The van der Waals surface area contributed by atoms with Gasteiger partial charge in [0, 0.05) is 12.5 Å². The van der Waals surface area contributed by atoms with Gasteiger partial charge in [0.1, 0.15) is 0 Å². The predicted octanol–water partition coefficient (Wildman–Crippen LogP) is 2.96. The average molecular weight is 181 g/mol. The summed E-state index contributed by atoms with van der Waals surface area (Å²) in [6, 6.07) is 0.483. The SMILES string of the molecule is C#CCC(C)NCCCCCCC. The van der Waals surface area contributed by atoms with E-state index >= 15 is 0 Å². The Bertz CT molecular complexity index is 135. The predicted molar refractivity (Wildman–Crippen MR) is 59.7 cm³/mol. The third-order valence-corrected chi connectivity index (χ3v) is 2.20. The van der Waals surface area contributed by atoms with Crippen molar-refractivity contribution in [2.75, 3.05) is 6.54 Å². The fourth-order valence-corrected chi connectivity index (χ4v) is 1.33. The minimum atomic E-state index is 0.483. The minimum Gasteiger partial charge on any atom is -0.313 e. The van der Waals surface area contributed by atoms with Crippen LogP contribution in [0.15, 0.2) is 0 Å². The van der Waals surface area contributed by atoms with Crippen LogP contribution in [0.3, 0.4) is 0 Å². The van der Waals surface area contributed by atoms with Crippen LogP contribution in [0.25, 0.3) is 0 Å². The first kappa shape index (κ1) is 12.5. The quantitative estimate of drug-likeness (QED) is 0.448. The van der Waals surface area contributed by atoms with Crippen LogP contribution >= 0.6 is 0 Å². The maximum absolute atomic E-state index is 5.21. The molecule has 0 radical (unpaired) electrons. The summed E-state index contributed by atoms with van der Waals surface area (Å²) in [6.45, 7) is 5.51. The Morgan fingerprint density at radius 1 is 1.23 bits per heavy atom. The summed E-state index contributed by atoms with van der Waals surface area (Å²) in [5, 5.41) is 3.42. The van der Waals surface area contributed by atoms with Crippen molar-refractivity contribution in [1.82, 2.24) is 5.32 Å². The minimum absolute atomic E-state index is 0.483. The van der Waals surface area contributed by atoms with Crippen molar-refractivity contribution in [3.8, 4) is 12.3 Å². The van der Waals surface area contributed by atoms with Gasteiger partial charge < -0.3 is 5.32 Å². The molecule has 0 aliphatic rings. The smallest absolute Gasteiger partial charge is 0.0238 e. The molecule has 0 saturated carbocycles. The lowest BCUT2D eigenvalue weighted by Crippen LogP contribution is -2.26. The average Bonchev–Trinajstić information content (AvgIpc) is 2.11. The van der Waals surface area contributed by atoms with Gasteiger partial charge in [-0.2, -0.15) is 0 Å². The molecular formula is C12H23N. The topological polar surface area (TPSA) is 12.0 Å². The normalized spacial score (nSPS) is 12.4.